The van der Waals surface area contributed by atoms with E-state index in [1.807, 2.05) is 19.1 Å². The van der Waals surface area contributed by atoms with Crippen LogP contribution in [0.3, 0.4) is 0 Å². The summed E-state index contributed by atoms with van der Waals surface area (Å²) < 4.78 is 5.32. The maximum absolute atomic E-state index is 9.12. The Balaban J connectivity index is 2.46. The molecule has 0 atom stereocenters. The number of hydrogen-bond donors (Lipinski definition) is 1. The number of nitriles is 1. The molecule has 0 saturated carbocycles. The lowest BCUT2D eigenvalue weighted by Crippen LogP contribution is -1.88. The minimum Gasteiger partial charge on any atom is -0.444 e. The van der Waals surface area contributed by atoms with Gasteiger partial charge in [-0.05, 0) is 24.5 Å². The van der Waals surface area contributed by atoms with E-state index in [2.05, 4.69) is 25.1 Å². The lowest BCUT2D eigenvalue weighted by atomic mass is 9.99. The van der Waals surface area contributed by atoms with Crippen molar-refractivity contribution in [3.63, 3.8) is 0 Å². The number of aryl methyl sites for hydroxylation is 2. The summed E-state index contributed by atoms with van der Waals surface area (Å²) in [5.41, 5.74) is 9.18. The van der Waals surface area contributed by atoms with Crippen molar-refractivity contribution in [2.24, 2.45) is 0 Å². The Morgan fingerprint density at radius 3 is 2.50 bits per heavy atom. The van der Waals surface area contributed by atoms with Crippen LogP contribution < -0.4 is 5.73 Å². The quantitative estimate of drug-likeness (QED) is 0.890. The summed E-state index contributed by atoms with van der Waals surface area (Å²) in [6, 6.07) is 10.3. The predicted octanol–water partition coefficient (Wildman–Crippen LogP) is 3.66. The second-order valence-electron chi connectivity index (χ2n) is 4.33. The van der Waals surface area contributed by atoms with E-state index in [0.717, 1.165) is 24.0 Å². The van der Waals surface area contributed by atoms with Gasteiger partial charge in [0, 0.05) is 5.56 Å². The smallest absolute Gasteiger partial charge is 0.209 e. The largest absolute Gasteiger partial charge is 0.444 e. The number of furan rings is 1. The first kappa shape index (κ1) is 12.3. The van der Waals surface area contributed by atoms with Crippen molar-refractivity contribution in [1.82, 2.24) is 0 Å². The maximum Gasteiger partial charge on any atom is 0.209 e. The topological polar surface area (TPSA) is 62.9 Å². The Morgan fingerprint density at radius 2 is 1.94 bits per heavy atom. The van der Waals surface area contributed by atoms with E-state index in [9.17, 15) is 0 Å². The minimum absolute atomic E-state index is 0.197. The summed E-state index contributed by atoms with van der Waals surface area (Å²) in [6.07, 6.45) is 2.19. The molecule has 2 aromatic rings. The van der Waals surface area contributed by atoms with E-state index in [-0.39, 0.29) is 5.88 Å². The predicted molar refractivity (Wildman–Crippen MR) is 72.0 cm³/mol. The average Bonchev–Trinajstić information content (AvgIpc) is 2.65. The average molecular weight is 240 g/mol. The van der Waals surface area contributed by atoms with Gasteiger partial charge in [-0.2, -0.15) is 5.26 Å². The van der Waals surface area contributed by atoms with Crippen molar-refractivity contribution in [1.29, 1.82) is 5.26 Å². The summed E-state index contributed by atoms with van der Waals surface area (Å²) >= 11 is 0. The minimum atomic E-state index is 0.197. The Morgan fingerprint density at radius 1 is 1.28 bits per heavy atom. The van der Waals surface area contributed by atoms with Gasteiger partial charge in [0.1, 0.15) is 17.4 Å². The Bertz CT molecular complexity index is 588. The van der Waals surface area contributed by atoms with Crippen molar-refractivity contribution in [3.05, 3.63) is 41.2 Å². The van der Waals surface area contributed by atoms with Crippen LogP contribution in [0, 0.1) is 18.3 Å². The molecule has 92 valence electrons. The number of nitrogen functional groups attached to an aromatic ring is 1. The lowest BCUT2D eigenvalue weighted by molar-refractivity contribution is 0.554. The zero-order valence-corrected chi connectivity index (χ0v) is 10.7. The number of anilines is 1. The first-order chi connectivity index (χ1) is 8.67. The van der Waals surface area contributed by atoms with Crippen LogP contribution in [0.15, 0.2) is 28.7 Å². The molecular formula is C15H16N2O. The van der Waals surface area contributed by atoms with Crippen LogP contribution in [0.2, 0.25) is 0 Å². The summed E-state index contributed by atoms with van der Waals surface area (Å²) in [7, 11) is 0. The molecule has 0 radical (unpaired) electrons. The van der Waals surface area contributed by atoms with Gasteiger partial charge in [0.25, 0.3) is 0 Å². The molecule has 0 aliphatic rings. The number of nitrogens with two attached hydrogens (primary N) is 1. The molecule has 18 heavy (non-hydrogen) atoms. The number of benzene rings is 1. The second-order valence-corrected chi connectivity index (χ2v) is 4.33. The summed E-state index contributed by atoms with van der Waals surface area (Å²) in [4.78, 5) is 0. The molecule has 0 aliphatic heterocycles. The fourth-order valence-electron chi connectivity index (χ4n) is 2.15. The van der Waals surface area contributed by atoms with Gasteiger partial charge in [-0.1, -0.05) is 37.6 Å². The molecule has 2 N–H and O–H groups in total. The molecule has 0 saturated heterocycles. The van der Waals surface area contributed by atoms with Crippen LogP contribution in [-0.4, -0.2) is 0 Å². The second kappa shape index (κ2) is 4.97. The zero-order valence-electron chi connectivity index (χ0n) is 10.7. The van der Waals surface area contributed by atoms with Gasteiger partial charge < -0.3 is 10.2 Å². The highest BCUT2D eigenvalue weighted by Crippen LogP contribution is 2.33. The van der Waals surface area contributed by atoms with E-state index in [1.165, 1.54) is 5.56 Å². The van der Waals surface area contributed by atoms with Crippen LogP contribution in [-0.2, 0) is 6.42 Å². The van der Waals surface area contributed by atoms with Crippen molar-refractivity contribution < 1.29 is 4.42 Å². The van der Waals surface area contributed by atoms with Gasteiger partial charge in [-0.3, -0.25) is 0 Å². The zero-order chi connectivity index (χ0) is 13.1. The van der Waals surface area contributed by atoms with Crippen molar-refractivity contribution in [2.75, 3.05) is 5.73 Å². The molecule has 0 spiro atoms. The fourth-order valence-corrected chi connectivity index (χ4v) is 2.15. The van der Waals surface area contributed by atoms with Crippen LogP contribution >= 0.6 is 0 Å². The third kappa shape index (κ3) is 2.10. The standard InChI is InChI=1S/C15H16N2O/c1-3-4-11-5-7-12(8-6-11)14-10(2)18-15(17)13(14)9-16/h5-8H,3-4,17H2,1-2H3. The molecule has 3 heteroatoms. The molecule has 1 aromatic heterocycles. The lowest BCUT2D eigenvalue weighted by Gasteiger charge is -2.03. The molecule has 1 heterocycles. The van der Waals surface area contributed by atoms with Crippen LogP contribution in [0.1, 0.15) is 30.2 Å². The Hall–Kier alpha value is -2.21. The van der Waals surface area contributed by atoms with Gasteiger partial charge in [0.2, 0.25) is 5.88 Å². The molecule has 0 amide bonds. The summed E-state index contributed by atoms with van der Waals surface area (Å²) in [5.74, 6) is 0.884. The Kier molecular flexibility index (Phi) is 3.38. The Labute approximate surface area is 107 Å². The van der Waals surface area contributed by atoms with Crippen LogP contribution in [0.25, 0.3) is 11.1 Å². The molecule has 0 bridgehead atoms. The molecular weight excluding hydrogens is 224 g/mol. The van der Waals surface area contributed by atoms with Crippen LogP contribution in [0.4, 0.5) is 5.88 Å². The highest BCUT2D eigenvalue weighted by atomic mass is 16.4. The maximum atomic E-state index is 9.12. The van der Waals surface area contributed by atoms with E-state index in [1.54, 1.807) is 0 Å². The molecule has 0 aliphatic carbocycles. The van der Waals surface area contributed by atoms with Crippen molar-refractivity contribution in [2.45, 2.75) is 26.7 Å². The first-order valence-electron chi connectivity index (χ1n) is 6.05. The van der Waals surface area contributed by atoms with E-state index >= 15 is 0 Å². The first-order valence-corrected chi connectivity index (χ1v) is 6.05. The summed E-state index contributed by atoms with van der Waals surface area (Å²) in [6.45, 7) is 3.98. The number of nitrogens with zero attached hydrogens (tertiary/aromatic N) is 1. The summed E-state index contributed by atoms with van der Waals surface area (Å²) in [5, 5.41) is 9.12. The SMILES string of the molecule is CCCc1ccc(-c2c(C)oc(N)c2C#N)cc1. The van der Waals surface area contributed by atoms with E-state index in [4.69, 9.17) is 15.4 Å². The number of hydrogen-bond acceptors (Lipinski definition) is 3. The molecule has 0 fully saturated rings. The van der Waals surface area contributed by atoms with Gasteiger partial charge in [-0.15, -0.1) is 0 Å². The third-order valence-electron chi connectivity index (χ3n) is 3.00. The highest BCUT2D eigenvalue weighted by molar-refractivity contribution is 5.77. The molecule has 3 nitrogen and oxygen atoms in total. The van der Waals surface area contributed by atoms with Gasteiger partial charge in [0.05, 0.1) is 0 Å². The highest BCUT2D eigenvalue weighted by Gasteiger charge is 2.16. The molecule has 1 aromatic carbocycles. The van der Waals surface area contributed by atoms with Crippen LogP contribution in [0.5, 0.6) is 0 Å². The van der Waals surface area contributed by atoms with Gasteiger partial charge >= 0.3 is 0 Å². The fraction of sp³-hybridized carbons (Fsp3) is 0.267. The molecule has 2 rings (SSSR count). The van der Waals surface area contributed by atoms with Crippen molar-refractivity contribution in [3.8, 4) is 17.2 Å². The van der Waals surface area contributed by atoms with E-state index in [0.29, 0.717) is 11.3 Å². The number of rotatable bonds is 3. The van der Waals surface area contributed by atoms with E-state index < -0.39 is 0 Å². The monoisotopic (exact) mass is 240 g/mol. The van der Waals surface area contributed by atoms with Gasteiger partial charge in [-0.25, -0.2) is 0 Å². The molecule has 0 unspecified atom stereocenters. The third-order valence-corrected chi connectivity index (χ3v) is 3.00. The van der Waals surface area contributed by atoms with Gasteiger partial charge in [0.15, 0.2) is 0 Å². The normalized spacial score (nSPS) is 10.3. The van der Waals surface area contributed by atoms with Crippen molar-refractivity contribution >= 4 is 5.88 Å².